The van der Waals surface area contributed by atoms with Crippen LogP contribution in [0.3, 0.4) is 0 Å². The number of nitriles is 1. The van der Waals surface area contributed by atoms with E-state index in [-0.39, 0.29) is 5.91 Å². The summed E-state index contributed by atoms with van der Waals surface area (Å²) in [6, 6.07) is 8.52. The molecule has 1 aliphatic rings. The number of thioether (sulfide) groups is 1. The molecule has 0 spiro atoms. The third kappa shape index (κ3) is 3.90. The highest BCUT2D eigenvalue weighted by atomic mass is 32.2. The third-order valence-electron chi connectivity index (χ3n) is 5.53. The van der Waals surface area contributed by atoms with Crippen molar-refractivity contribution in [2.45, 2.75) is 68.8 Å². The molecule has 0 saturated heterocycles. The first-order valence-electron chi connectivity index (χ1n) is 9.59. The summed E-state index contributed by atoms with van der Waals surface area (Å²) in [7, 11) is 1.75. The summed E-state index contributed by atoms with van der Waals surface area (Å²) in [5.41, 5.74) is 2.38. The minimum Gasteiger partial charge on any atom is -0.326 e. The van der Waals surface area contributed by atoms with Crippen molar-refractivity contribution in [3.8, 4) is 11.8 Å². The van der Waals surface area contributed by atoms with Crippen molar-refractivity contribution in [1.29, 1.82) is 5.26 Å². The van der Waals surface area contributed by atoms with Gasteiger partial charge in [-0.2, -0.15) is 9.94 Å². The van der Waals surface area contributed by atoms with E-state index in [1.807, 2.05) is 39.0 Å². The van der Waals surface area contributed by atoms with Gasteiger partial charge in [0.2, 0.25) is 11.1 Å². The Morgan fingerprint density at radius 2 is 2.04 bits per heavy atom. The maximum atomic E-state index is 13.1. The van der Waals surface area contributed by atoms with E-state index in [9.17, 15) is 10.1 Å². The third-order valence-corrected chi connectivity index (χ3v) is 6.55. The van der Waals surface area contributed by atoms with Gasteiger partial charge >= 0.3 is 0 Å². The van der Waals surface area contributed by atoms with Gasteiger partial charge in [0.25, 0.3) is 0 Å². The van der Waals surface area contributed by atoms with Crippen LogP contribution in [0.25, 0.3) is 5.69 Å². The van der Waals surface area contributed by atoms with E-state index in [0.717, 1.165) is 48.9 Å². The fourth-order valence-corrected chi connectivity index (χ4v) is 4.60. The number of rotatable bonds is 5. The van der Waals surface area contributed by atoms with Gasteiger partial charge in [0.15, 0.2) is 0 Å². The van der Waals surface area contributed by atoms with Crippen LogP contribution in [0, 0.1) is 25.2 Å². The van der Waals surface area contributed by atoms with Crippen LogP contribution >= 0.6 is 11.8 Å². The second-order valence-corrected chi connectivity index (χ2v) is 8.83. The zero-order valence-corrected chi connectivity index (χ0v) is 17.7. The molecule has 148 valence electrons. The predicted molar refractivity (Wildman–Crippen MR) is 108 cm³/mol. The first-order valence-corrected chi connectivity index (χ1v) is 10.5. The summed E-state index contributed by atoms with van der Waals surface area (Å²) in [6.07, 6.45) is 4.57. The standard InChI is InChI=1S/C20H26N6OS/c1-14-8-9-15(2)17(12-14)26-19(22-23-24-26)28-16(3)18(27)25(4)20(13-21)10-6-5-7-11-20/h8-9,12,16H,5-7,10-11H2,1-4H3/t16-/m0/s1. The highest BCUT2D eigenvalue weighted by molar-refractivity contribution is 8.00. The molecule has 7 nitrogen and oxygen atoms in total. The van der Waals surface area contributed by atoms with Gasteiger partial charge in [0.05, 0.1) is 17.0 Å². The van der Waals surface area contributed by atoms with E-state index < -0.39 is 10.8 Å². The van der Waals surface area contributed by atoms with Crippen molar-refractivity contribution in [1.82, 2.24) is 25.1 Å². The van der Waals surface area contributed by atoms with Crippen LogP contribution < -0.4 is 0 Å². The molecule has 0 N–H and O–H groups in total. The van der Waals surface area contributed by atoms with Gasteiger partial charge < -0.3 is 4.90 Å². The van der Waals surface area contributed by atoms with Crippen molar-refractivity contribution >= 4 is 17.7 Å². The predicted octanol–water partition coefficient (Wildman–Crippen LogP) is 3.44. The number of carbonyl (C=O) groups is 1. The largest absolute Gasteiger partial charge is 0.326 e. The molecule has 8 heteroatoms. The molecule has 28 heavy (non-hydrogen) atoms. The monoisotopic (exact) mass is 398 g/mol. The van der Waals surface area contributed by atoms with Gasteiger partial charge in [-0.05, 0) is 61.2 Å². The van der Waals surface area contributed by atoms with Gasteiger partial charge in [0.1, 0.15) is 5.54 Å². The first kappa shape index (κ1) is 20.3. The lowest BCUT2D eigenvalue weighted by atomic mass is 9.81. The van der Waals surface area contributed by atoms with Crippen LogP contribution in [-0.2, 0) is 4.79 Å². The van der Waals surface area contributed by atoms with E-state index in [1.54, 1.807) is 16.6 Å². The molecule has 1 heterocycles. The summed E-state index contributed by atoms with van der Waals surface area (Å²) in [5.74, 6) is -0.0658. The number of carbonyl (C=O) groups excluding carboxylic acids is 1. The van der Waals surface area contributed by atoms with Gasteiger partial charge in [-0.15, -0.1) is 5.10 Å². The fourth-order valence-electron chi connectivity index (χ4n) is 3.70. The Bertz CT molecular complexity index is 896. The Hall–Kier alpha value is -2.40. The zero-order chi connectivity index (χ0) is 20.3. The molecule has 1 aromatic heterocycles. The number of hydrogen-bond donors (Lipinski definition) is 0. The smallest absolute Gasteiger partial charge is 0.236 e. The summed E-state index contributed by atoms with van der Waals surface area (Å²) >= 11 is 1.32. The summed E-state index contributed by atoms with van der Waals surface area (Å²) in [5, 5.41) is 22.0. The maximum absolute atomic E-state index is 13.1. The van der Waals surface area contributed by atoms with Crippen LogP contribution in [0.15, 0.2) is 23.4 Å². The molecular formula is C20H26N6OS. The molecule has 1 aromatic carbocycles. The lowest BCUT2D eigenvalue weighted by molar-refractivity contribution is -0.133. The van der Waals surface area contributed by atoms with Crippen molar-refractivity contribution < 1.29 is 4.79 Å². The highest BCUT2D eigenvalue weighted by Gasteiger charge is 2.40. The molecule has 1 saturated carbocycles. The fraction of sp³-hybridized carbons (Fsp3) is 0.550. The molecule has 0 bridgehead atoms. The number of tetrazole rings is 1. The normalized spacial score (nSPS) is 17.0. The van der Waals surface area contributed by atoms with Crippen molar-refractivity contribution in [2.24, 2.45) is 0 Å². The van der Waals surface area contributed by atoms with Gasteiger partial charge in [-0.1, -0.05) is 43.2 Å². The Kier molecular flexibility index (Phi) is 6.04. The Balaban J connectivity index is 1.79. The van der Waals surface area contributed by atoms with Crippen LogP contribution in [0.2, 0.25) is 0 Å². The van der Waals surface area contributed by atoms with E-state index >= 15 is 0 Å². The highest BCUT2D eigenvalue weighted by Crippen LogP contribution is 2.34. The van der Waals surface area contributed by atoms with Crippen LogP contribution in [0.4, 0.5) is 0 Å². The quantitative estimate of drug-likeness (QED) is 0.717. The average molecular weight is 399 g/mol. The summed E-state index contributed by atoms with van der Waals surface area (Å²) in [6.45, 7) is 5.87. The molecule has 1 aliphatic carbocycles. The molecule has 1 atom stereocenters. The Labute approximate surface area is 170 Å². The number of nitrogens with zero attached hydrogens (tertiary/aromatic N) is 6. The molecule has 0 aliphatic heterocycles. The van der Waals surface area contributed by atoms with Crippen molar-refractivity contribution in [3.63, 3.8) is 0 Å². The van der Waals surface area contributed by atoms with Crippen molar-refractivity contribution in [3.05, 3.63) is 29.3 Å². The van der Waals surface area contributed by atoms with E-state index in [1.165, 1.54) is 11.8 Å². The molecule has 2 aromatic rings. The first-order chi connectivity index (χ1) is 13.4. The lowest BCUT2D eigenvalue weighted by Gasteiger charge is -2.40. The average Bonchev–Trinajstić information content (AvgIpc) is 3.16. The Morgan fingerprint density at radius 1 is 1.32 bits per heavy atom. The van der Waals surface area contributed by atoms with Gasteiger partial charge in [-0.3, -0.25) is 4.79 Å². The molecule has 3 rings (SSSR count). The molecule has 1 fully saturated rings. The minimum atomic E-state index is -0.691. The molecule has 1 amide bonds. The minimum absolute atomic E-state index is 0.0658. The summed E-state index contributed by atoms with van der Waals surface area (Å²) < 4.78 is 1.68. The number of hydrogen-bond acceptors (Lipinski definition) is 6. The molecule has 0 unspecified atom stereocenters. The van der Waals surface area contributed by atoms with E-state index in [4.69, 9.17) is 0 Å². The SMILES string of the molecule is Cc1ccc(C)c(-n2nnnc2S[C@@H](C)C(=O)N(C)C2(C#N)CCCCC2)c1. The topological polar surface area (TPSA) is 87.7 Å². The van der Waals surface area contributed by atoms with Gasteiger partial charge in [0, 0.05) is 7.05 Å². The van der Waals surface area contributed by atoms with Crippen molar-refractivity contribution in [2.75, 3.05) is 7.05 Å². The number of aryl methyl sites for hydroxylation is 2. The Morgan fingerprint density at radius 3 is 2.71 bits per heavy atom. The molecule has 0 radical (unpaired) electrons. The number of aromatic nitrogens is 4. The number of amides is 1. The number of benzene rings is 1. The maximum Gasteiger partial charge on any atom is 0.236 e. The zero-order valence-electron chi connectivity index (χ0n) is 16.8. The second-order valence-electron chi connectivity index (χ2n) is 7.52. The molecular weight excluding hydrogens is 372 g/mol. The van der Waals surface area contributed by atoms with E-state index in [0.29, 0.717) is 5.16 Å². The lowest BCUT2D eigenvalue weighted by Crippen LogP contribution is -2.52. The van der Waals surface area contributed by atoms with Crippen LogP contribution in [-0.4, -0.2) is 48.9 Å². The summed E-state index contributed by atoms with van der Waals surface area (Å²) in [4.78, 5) is 14.7. The van der Waals surface area contributed by atoms with Gasteiger partial charge in [-0.25, -0.2) is 0 Å². The van der Waals surface area contributed by atoms with Crippen LogP contribution in [0.5, 0.6) is 0 Å². The van der Waals surface area contributed by atoms with E-state index in [2.05, 4.69) is 21.6 Å². The van der Waals surface area contributed by atoms with Crippen LogP contribution in [0.1, 0.15) is 50.2 Å². The second kappa shape index (κ2) is 8.31.